The number of halogens is 3. The van der Waals surface area contributed by atoms with Crippen LogP contribution in [0.25, 0.3) is 0 Å². The Morgan fingerprint density at radius 1 is 1.22 bits per heavy atom. The van der Waals surface area contributed by atoms with E-state index >= 15 is 0 Å². The molecule has 2 aromatic rings. The van der Waals surface area contributed by atoms with Gasteiger partial charge in [-0.2, -0.15) is 0 Å². The molecule has 0 aliphatic heterocycles. The summed E-state index contributed by atoms with van der Waals surface area (Å²) in [6, 6.07) is 6.11. The topological polar surface area (TPSA) is 50.9 Å². The Morgan fingerprint density at radius 2 is 2.00 bits per heavy atom. The molecule has 2 rings (SSSR count). The van der Waals surface area contributed by atoms with Crippen molar-refractivity contribution in [1.82, 2.24) is 4.98 Å². The predicted molar refractivity (Wildman–Crippen MR) is 71.0 cm³/mol. The molecule has 0 aliphatic carbocycles. The van der Waals surface area contributed by atoms with Crippen molar-refractivity contribution in [2.45, 2.75) is 6.43 Å². The third-order valence-corrected chi connectivity index (χ3v) is 2.73. The van der Waals surface area contributed by atoms with E-state index in [9.17, 15) is 8.78 Å². The second-order valence-corrected chi connectivity index (χ2v) is 4.58. The van der Waals surface area contributed by atoms with Crippen molar-refractivity contribution >= 4 is 33.0 Å². The second-order valence-electron chi connectivity index (χ2n) is 3.66. The minimum absolute atomic E-state index is 0.130. The molecular weight excluding hydrogens is 304 g/mol. The average molecular weight is 314 g/mol. The summed E-state index contributed by atoms with van der Waals surface area (Å²) in [5, 5.41) is 2.89. The standard InChI is InChI=1S/C12H10BrF2N3/c13-7-3-9(6-17-5-7)18-11-2-1-8(16)4-10(11)12(14)15/h1-6,12,18H,16H2. The van der Waals surface area contributed by atoms with Gasteiger partial charge in [-0.1, -0.05) is 0 Å². The summed E-state index contributed by atoms with van der Waals surface area (Å²) in [7, 11) is 0. The lowest BCUT2D eigenvalue weighted by Gasteiger charge is -2.12. The van der Waals surface area contributed by atoms with Crippen molar-refractivity contribution in [3.8, 4) is 0 Å². The van der Waals surface area contributed by atoms with E-state index in [-0.39, 0.29) is 5.56 Å². The molecular formula is C12H10BrF2N3. The van der Waals surface area contributed by atoms with Crippen LogP contribution < -0.4 is 11.1 Å². The number of hydrogen-bond donors (Lipinski definition) is 2. The molecule has 0 atom stereocenters. The minimum Gasteiger partial charge on any atom is -0.399 e. The molecule has 0 saturated carbocycles. The number of pyridine rings is 1. The maximum atomic E-state index is 12.9. The van der Waals surface area contributed by atoms with E-state index in [4.69, 9.17) is 5.73 Å². The number of aromatic nitrogens is 1. The molecule has 0 radical (unpaired) electrons. The minimum atomic E-state index is -2.59. The van der Waals surface area contributed by atoms with Crippen LogP contribution in [0.3, 0.4) is 0 Å². The van der Waals surface area contributed by atoms with Crippen LogP contribution >= 0.6 is 15.9 Å². The molecule has 0 bridgehead atoms. The summed E-state index contributed by atoms with van der Waals surface area (Å²) in [6.45, 7) is 0. The molecule has 0 amide bonds. The first kappa shape index (κ1) is 12.8. The smallest absolute Gasteiger partial charge is 0.265 e. The van der Waals surface area contributed by atoms with Crippen LogP contribution in [0.5, 0.6) is 0 Å². The van der Waals surface area contributed by atoms with Crippen molar-refractivity contribution in [3.63, 3.8) is 0 Å². The molecule has 0 saturated heterocycles. The van der Waals surface area contributed by atoms with Gasteiger partial charge in [0.05, 0.1) is 11.9 Å². The van der Waals surface area contributed by atoms with Crippen LogP contribution in [0.4, 0.5) is 25.8 Å². The Balaban J connectivity index is 2.34. The summed E-state index contributed by atoms with van der Waals surface area (Å²) in [5.74, 6) is 0. The number of nitrogens with two attached hydrogens (primary N) is 1. The fourth-order valence-corrected chi connectivity index (χ4v) is 1.88. The van der Waals surface area contributed by atoms with E-state index in [1.807, 2.05) is 0 Å². The lowest BCUT2D eigenvalue weighted by atomic mass is 10.1. The number of nitrogen functional groups attached to an aromatic ring is 1. The number of alkyl halides is 2. The Labute approximate surface area is 111 Å². The maximum Gasteiger partial charge on any atom is 0.265 e. The molecule has 94 valence electrons. The summed E-state index contributed by atoms with van der Waals surface area (Å²) in [5.41, 5.74) is 6.62. The van der Waals surface area contributed by atoms with Gasteiger partial charge in [0.1, 0.15) is 0 Å². The van der Waals surface area contributed by atoms with Crippen molar-refractivity contribution in [2.24, 2.45) is 0 Å². The quantitative estimate of drug-likeness (QED) is 0.838. The summed E-state index contributed by atoms with van der Waals surface area (Å²) >= 11 is 3.26. The average Bonchev–Trinajstić information content (AvgIpc) is 2.31. The monoisotopic (exact) mass is 313 g/mol. The van der Waals surface area contributed by atoms with E-state index in [2.05, 4.69) is 26.2 Å². The number of rotatable bonds is 3. The van der Waals surface area contributed by atoms with Crippen molar-refractivity contribution in [3.05, 3.63) is 46.7 Å². The molecule has 1 aromatic heterocycles. The van der Waals surface area contributed by atoms with Crippen LogP contribution in [0.1, 0.15) is 12.0 Å². The number of anilines is 3. The van der Waals surface area contributed by atoms with Crippen LogP contribution in [-0.4, -0.2) is 4.98 Å². The second kappa shape index (κ2) is 5.30. The van der Waals surface area contributed by atoms with Gasteiger partial charge in [0.2, 0.25) is 0 Å². The Kier molecular flexibility index (Phi) is 3.76. The summed E-state index contributed by atoms with van der Waals surface area (Å²) in [4.78, 5) is 3.95. The van der Waals surface area contributed by atoms with Crippen molar-refractivity contribution < 1.29 is 8.78 Å². The van der Waals surface area contributed by atoms with Crippen molar-refractivity contribution in [2.75, 3.05) is 11.1 Å². The first-order valence-electron chi connectivity index (χ1n) is 5.11. The molecule has 1 heterocycles. The Hall–Kier alpha value is -1.69. The molecule has 6 heteroatoms. The first-order valence-corrected chi connectivity index (χ1v) is 5.90. The number of hydrogen-bond acceptors (Lipinski definition) is 3. The molecule has 3 N–H and O–H groups in total. The van der Waals surface area contributed by atoms with Gasteiger partial charge in [0.15, 0.2) is 0 Å². The van der Waals surface area contributed by atoms with Crippen LogP contribution in [0.2, 0.25) is 0 Å². The molecule has 3 nitrogen and oxygen atoms in total. The van der Waals surface area contributed by atoms with Gasteiger partial charge in [-0.3, -0.25) is 4.98 Å². The zero-order valence-electron chi connectivity index (χ0n) is 9.20. The lowest BCUT2D eigenvalue weighted by molar-refractivity contribution is 0.152. The zero-order chi connectivity index (χ0) is 13.1. The van der Waals surface area contributed by atoms with Gasteiger partial charge < -0.3 is 11.1 Å². The highest BCUT2D eigenvalue weighted by molar-refractivity contribution is 9.10. The van der Waals surface area contributed by atoms with E-state index < -0.39 is 6.43 Å². The molecule has 0 aliphatic rings. The van der Waals surface area contributed by atoms with Crippen molar-refractivity contribution in [1.29, 1.82) is 0 Å². The highest BCUT2D eigenvalue weighted by atomic mass is 79.9. The normalized spacial score (nSPS) is 10.7. The van der Waals surface area contributed by atoms with Gasteiger partial charge in [0.25, 0.3) is 6.43 Å². The molecule has 0 fully saturated rings. The SMILES string of the molecule is Nc1ccc(Nc2cncc(Br)c2)c(C(F)F)c1. The van der Waals surface area contributed by atoms with Gasteiger partial charge >= 0.3 is 0 Å². The molecule has 18 heavy (non-hydrogen) atoms. The molecule has 1 aromatic carbocycles. The number of nitrogens with one attached hydrogen (secondary N) is 1. The molecule has 0 spiro atoms. The highest BCUT2D eigenvalue weighted by Gasteiger charge is 2.13. The number of benzene rings is 1. The van der Waals surface area contributed by atoms with Gasteiger partial charge in [-0.15, -0.1) is 0 Å². The van der Waals surface area contributed by atoms with E-state index in [0.717, 1.165) is 4.47 Å². The van der Waals surface area contributed by atoms with Crippen LogP contribution in [-0.2, 0) is 0 Å². The fourth-order valence-electron chi connectivity index (χ4n) is 1.51. The summed E-state index contributed by atoms with van der Waals surface area (Å²) in [6.07, 6.45) is 0.578. The Bertz CT molecular complexity index is 561. The maximum absolute atomic E-state index is 12.9. The number of nitrogens with zero attached hydrogens (tertiary/aromatic N) is 1. The largest absolute Gasteiger partial charge is 0.399 e. The first-order chi connectivity index (χ1) is 8.56. The van der Waals surface area contributed by atoms with Crippen LogP contribution in [0, 0.1) is 0 Å². The van der Waals surface area contributed by atoms with Gasteiger partial charge in [-0.05, 0) is 40.2 Å². The predicted octanol–water partition coefficient (Wildman–Crippen LogP) is 4.11. The lowest BCUT2D eigenvalue weighted by Crippen LogP contribution is -1.98. The summed E-state index contributed by atoms with van der Waals surface area (Å²) < 4.78 is 26.5. The third-order valence-electron chi connectivity index (χ3n) is 2.29. The molecule has 0 unspecified atom stereocenters. The van der Waals surface area contributed by atoms with Gasteiger partial charge in [0, 0.05) is 27.6 Å². The van der Waals surface area contributed by atoms with Crippen LogP contribution in [0.15, 0.2) is 41.1 Å². The van der Waals surface area contributed by atoms with E-state index in [1.54, 1.807) is 24.5 Å². The third kappa shape index (κ3) is 2.95. The highest BCUT2D eigenvalue weighted by Crippen LogP contribution is 2.31. The fraction of sp³-hybridized carbons (Fsp3) is 0.0833. The van der Waals surface area contributed by atoms with E-state index in [1.165, 1.54) is 12.1 Å². The van der Waals surface area contributed by atoms with Gasteiger partial charge in [-0.25, -0.2) is 8.78 Å². The van der Waals surface area contributed by atoms with E-state index in [0.29, 0.717) is 17.1 Å². The zero-order valence-corrected chi connectivity index (χ0v) is 10.8. The Morgan fingerprint density at radius 3 is 2.67 bits per heavy atom.